The molecule has 0 atom stereocenters. The summed E-state index contributed by atoms with van der Waals surface area (Å²) in [7, 11) is 0. The van der Waals surface area contributed by atoms with Gasteiger partial charge in [-0.15, -0.1) is 0 Å². The highest BCUT2D eigenvalue weighted by molar-refractivity contribution is 5.34. The molecule has 0 saturated carbocycles. The number of nitrogens with zero attached hydrogens (tertiary/aromatic N) is 4. The molecule has 1 aliphatic heterocycles. The van der Waals surface area contributed by atoms with Gasteiger partial charge in [0.25, 0.3) is 0 Å². The zero-order chi connectivity index (χ0) is 20.1. The summed E-state index contributed by atoms with van der Waals surface area (Å²) in [5, 5.41) is 0. The highest BCUT2D eigenvalue weighted by Crippen LogP contribution is 2.22. The van der Waals surface area contributed by atoms with Gasteiger partial charge in [-0.05, 0) is 36.8 Å². The molecule has 0 radical (unpaired) electrons. The first kappa shape index (κ1) is 19.3. The van der Waals surface area contributed by atoms with E-state index in [2.05, 4.69) is 19.8 Å². The second kappa shape index (κ2) is 8.96. The van der Waals surface area contributed by atoms with Gasteiger partial charge < -0.3 is 9.64 Å². The van der Waals surface area contributed by atoms with Crippen molar-refractivity contribution >= 4 is 5.95 Å². The molecule has 0 bridgehead atoms. The second-order valence-electron chi connectivity index (χ2n) is 6.96. The Morgan fingerprint density at radius 2 is 1.72 bits per heavy atom. The average molecular weight is 396 g/mol. The normalized spacial score (nSPS) is 15.2. The zero-order valence-electron chi connectivity index (χ0n) is 16.0. The third kappa shape index (κ3) is 5.06. The first-order valence-corrected chi connectivity index (χ1v) is 9.64. The summed E-state index contributed by atoms with van der Waals surface area (Å²) < 4.78 is 32.7. The van der Waals surface area contributed by atoms with E-state index in [9.17, 15) is 8.78 Å². The van der Waals surface area contributed by atoms with Crippen LogP contribution in [0.4, 0.5) is 14.7 Å². The SMILES string of the molecule is Fc1ccc(Oc2ccnc(N3CCCN(Cc4ccccc4F)CC3)n2)cc1. The molecule has 0 unspecified atom stereocenters. The lowest BCUT2D eigenvalue weighted by molar-refractivity contribution is 0.281. The summed E-state index contributed by atoms with van der Waals surface area (Å²) in [5.74, 6) is 1.04. The van der Waals surface area contributed by atoms with Crippen molar-refractivity contribution in [2.24, 2.45) is 0 Å². The Labute approximate surface area is 168 Å². The third-order valence-electron chi connectivity index (χ3n) is 4.88. The van der Waals surface area contributed by atoms with E-state index >= 15 is 0 Å². The van der Waals surface area contributed by atoms with Crippen molar-refractivity contribution in [2.45, 2.75) is 13.0 Å². The van der Waals surface area contributed by atoms with Crippen molar-refractivity contribution in [3.8, 4) is 11.6 Å². The van der Waals surface area contributed by atoms with E-state index in [1.165, 1.54) is 18.2 Å². The quantitative estimate of drug-likeness (QED) is 0.645. The smallest absolute Gasteiger partial charge is 0.228 e. The van der Waals surface area contributed by atoms with E-state index in [1.807, 2.05) is 12.1 Å². The zero-order valence-corrected chi connectivity index (χ0v) is 16.0. The van der Waals surface area contributed by atoms with Crippen LogP contribution in [0.3, 0.4) is 0 Å². The summed E-state index contributed by atoms with van der Waals surface area (Å²) in [4.78, 5) is 13.2. The number of rotatable bonds is 5. The number of anilines is 1. The van der Waals surface area contributed by atoms with Gasteiger partial charge in [0.05, 0.1) is 0 Å². The van der Waals surface area contributed by atoms with E-state index in [0.717, 1.165) is 32.6 Å². The van der Waals surface area contributed by atoms with E-state index in [-0.39, 0.29) is 11.6 Å². The van der Waals surface area contributed by atoms with E-state index in [0.29, 0.717) is 29.7 Å². The second-order valence-corrected chi connectivity index (χ2v) is 6.96. The fourth-order valence-electron chi connectivity index (χ4n) is 3.36. The van der Waals surface area contributed by atoms with Crippen LogP contribution in [0, 0.1) is 11.6 Å². The molecule has 3 aromatic rings. The van der Waals surface area contributed by atoms with Gasteiger partial charge in [-0.1, -0.05) is 18.2 Å². The predicted molar refractivity (Wildman–Crippen MR) is 107 cm³/mol. The molecule has 0 aliphatic carbocycles. The minimum atomic E-state index is -0.315. The van der Waals surface area contributed by atoms with Gasteiger partial charge in [-0.2, -0.15) is 4.98 Å². The molecule has 4 rings (SSSR count). The predicted octanol–water partition coefficient (Wildman–Crippen LogP) is 4.26. The van der Waals surface area contributed by atoms with Crippen LogP contribution in [0.5, 0.6) is 11.6 Å². The number of halogens is 2. The Morgan fingerprint density at radius 3 is 2.55 bits per heavy atom. The Hall–Kier alpha value is -3.06. The molecule has 29 heavy (non-hydrogen) atoms. The van der Waals surface area contributed by atoms with Crippen LogP contribution >= 0.6 is 0 Å². The standard InChI is InChI=1S/C22H22F2N4O/c23-18-6-8-19(9-7-18)29-21-10-11-25-22(26-21)28-13-3-12-27(14-15-28)16-17-4-1-2-5-20(17)24/h1-2,4-11H,3,12-16H2. The molecule has 7 heteroatoms. The number of hydrogen-bond donors (Lipinski definition) is 0. The Bertz CT molecular complexity index is 952. The number of benzene rings is 2. The first-order valence-electron chi connectivity index (χ1n) is 9.64. The van der Waals surface area contributed by atoms with Crippen molar-refractivity contribution in [1.29, 1.82) is 0 Å². The minimum absolute atomic E-state index is 0.164. The van der Waals surface area contributed by atoms with E-state index in [1.54, 1.807) is 30.5 Å². The largest absolute Gasteiger partial charge is 0.439 e. The molecular formula is C22H22F2N4O. The molecule has 2 heterocycles. The molecule has 2 aromatic carbocycles. The highest BCUT2D eigenvalue weighted by atomic mass is 19.1. The first-order chi connectivity index (χ1) is 14.2. The minimum Gasteiger partial charge on any atom is -0.439 e. The average Bonchev–Trinajstić information content (AvgIpc) is 2.97. The third-order valence-corrected chi connectivity index (χ3v) is 4.88. The molecule has 1 aliphatic rings. The lowest BCUT2D eigenvalue weighted by Gasteiger charge is -2.22. The van der Waals surface area contributed by atoms with Crippen molar-refractivity contribution in [3.63, 3.8) is 0 Å². The molecule has 1 aromatic heterocycles. The number of ether oxygens (including phenoxy) is 1. The molecule has 0 spiro atoms. The van der Waals surface area contributed by atoms with Gasteiger partial charge in [0.1, 0.15) is 17.4 Å². The topological polar surface area (TPSA) is 41.5 Å². The van der Waals surface area contributed by atoms with Crippen LogP contribution in [0.1, 0.15) is 12.0 Å². The van der Waals surface area contributed by atoms with Crippen LogP contribution < -0.4 is 9.64 Å². The van der Waals surface area contributed by atoms with Gasteiger partial charge >= 0.3 is 0 Å². The number of aromatic nitrogens is 2. The van der Waals surface area contributed by atoms with Crippen molar-refractivity contribution in [2.75, 3.05) is 31.1 Å². The maximum absolute atomic E-state index is 13.9. The van der Waals surface area contributed by atoms with Gasteiger partial charge in [-0.25, -0.2) is 13.8 Å². The molecule has 5 nitrogen and oxygen atoms in total. The summed E-state index contributed by atoms with van der Waals surface area (Å²) >= 11 is 0. The van der Waals surface area contributed by atoms with Crippen LogP contribution in [-0.4, -0.2) is 41.0 Å². The molecule has 1 fully saturated rings. The maximum atomic E-state index is 13.9. The molecular weight excluding hydrogens is 374 g/mol. The fraction of sp³-hybridized carbons (Fsp3) is 0.273. The molecule has 0 amide bonds. The van der Waals surface area contributed by atoms with Crippen molar-refractivity contribution < 1.29 is 13.5 Å². The molecule has 0 N–H and O–H groups in total. The van der Waals surface area contributed by atoms with Crippen LogP contribution in [0.25, 0.3) is 0 Å². The van der Waals surface area contributed by atoms with Crippen LogP contribution in [0.2, 0.25) is 0 Å². The van der Waals surface area contributed by atoms with Crippen molar-refractivity contribution in [3.05, 3.63) is 78.0 Å². The molecule has 1 saturated heterocycles. The monoisotopic (exact) mass is 396 g/mol. The lowest BCUT2D eigenvalue weighted by Crippen LogP contribution is -2.31. The van der Waals surface area contributed by atoms with E-state index < -0.39 is 0 Å². The maximum Gasteiger partial charge on any atom is 0.228 e. The van der Waals surface area contributed by atoms with Crippen LogP contribution in [-0.2, 0) is 6.54 Å². The van der Waals surface area contributed by atoms with Crippen molar-refractivity contribution in [1.82, 2.24) is 14.9 Å². The van der Waals surface area contributed by atoms with Gasteiger partial charge in [0.15, 0.2) is 0 Å². The molecule has 150 valence electrons. The highest BCUT2D eigenvalue weighted by Gasteiger charge is 2.18. The fourth-order valence-corrected chi connectivity index (χ4v) is 3.36. The van der Waals surface area contributed by atoms with Gasteiger partial charge in [0.2, 0.25) is 11.8 Å². The lowest BCUT2D eigenvalue weighted by atomic mass is 10.2. The Kier molecular flexibility index (Phi) is 5.95. The summed E-state index contributed by atoms with van der Waals surface area (Å²) in [6, 6.07) is 14.4. The summed E-state index contributed by atoms with van der Waals surface area (Å²) in [5.41, 5.74) is 0.715. The van der Waals surface area contributed by atoms with E-state index in [4.69, 9.17) is 4.74 Å². The number of hydrogen-bond acceptors (Lipinski definition) is 5. The van der Waals surface area contributed by atoms with Gasteiger partial charge in [0, 0.05) is 50.6 Å². The Balaban J connectivity index is 1.40. The summed E-state index contributed by atoms with van der Waals surface area (Å²) in [6.45, 7) is 3.83. The summed E-state index contributed by atoms with van der Waals surface area (Å²) in [6.07, 6.45) is 2.59. The Morgan fingerprint density at radius 1 is 0.897 bits per heavy atom. The van der Waals surface area contributed by atoms with Crippen LogP contribution in [0.15, 0.2) is 60.8 Å². The van der Waals surface area contributed by atoms with Gasteiger partial charge in [-0.3, -0.25) is 4.90 Å².